The average Bonchev–Trinajstić information content (AvgIpc) is 2.87. The van der Waals surface area contributed by atoms with Crippen LogP contribution in [-0.2, 0) is 14.4 Å². The quantitative estimate of drug-likeness (QED) is 0.189. The van der Waals surface area contributed by atoms with Gasteiger partial charge in [-0.1, -0.05) is 40.9 Å². The van der Waals surface area contributed by atoms with E-state index in [0.29, 0.717) is 34.4 Å². The Morgan fingerprint density at radius 2 is 1.65 bits per heavy atom. The monoisotopic (exact) mass is 562 g/mol. The Labute approximate surface area is 227 Å². The molecule has 3 aromatic rings. The first kappa shape index (κ1) is 27.8. The molecule has 0 fully saturated rings. The first-order valence-electron chi connectivity index (χ1n) is 10.8. The van der Waals surface area contributed by atoms with Crippen LogP contribution in [0.2, 0.25) is 15.1 Å². The molecule has 3 N–H and O–H groups in total. The van der Waals surface area contributed by atoms with Gasteiger partial charge in [0.05, 0.1) is 28.6 Å². The summed E-state index contributed by atoms with van der Waals surface area (Å²) in [6.45, 7) is 1.89. The molecule has 37 heavy (non-hydrogen) atoms. The summed E-state index contributed by atoms with van der Waals surface area (Å²) in [5, 5.41) is 9.75. The van der Waals surface area contributed by atoms with Crippen LogP contribution in [0.5, 0.6) is 11.5 Å². The number of carbonyl (C=O) groups is 3. The number of hydrogen-bond acceptors (Lipinski definition) is 6. The summed E-state index contributed by atoms with van der Waals surface area (Å²) in [5.74, 6) is -1.64. The molecule has 0 radical (unpaired) electrons. The molecule has 3 amide bonds. The Hall–Kier alpha value is -3.79. The van der Waals surface area contributed by atoms with Gasteiger partial charge >= 0.3 is 11.8 Å². The van der Waals surface area contributed by atoms with E-state index < -0.39 is 11.8 Å². The van der Waals surface area contributed by atoms with E-state index in [1.165, 1.54) is 12.3 Å². The third-order valence-corrected chi connectivity index (χ3v) is 5.61. The van der Waals surface area contributed by atoms with E-state index in [1.54, 1.807) is 61.5 Å². The number of benzene rings is 3. The number of carbonyl (C=O) groups excluding carboxylic acids is 3. The number of rotatable bonds is 9. The predicted molar refractivity (Wildman–Crippen MR) is 144 cm³/mol. The van der Waals surface area contributed by atoms with E-state index in [-0.39, 0.29) is 28.2 Å². The summed E-state index contributed by atoms with van der Waals surface area (Å²) in [6, 6.07) is 16.1. The Bertz CT molecular complexity index is 1320. The number of amides is 3. The van der Waals surface area contributed by atoms with E-state index >= 15 is 0 Å². The third-order valence-electron chi connectivity index (χ3n) is 4.54. The van der Waals surface area contributed by atoms with Gasteiger partial charge in [-0.25, -0.2) is 5.43 Å². The highest BCUT2D eigenvalue weighted by atomic mass is 35.5. The van der Waals surface area contributed by atoms with Gasteiger partial charge < -0.3 is 20.1 Å². The minimum absolute atomic E-state index is 0.113. The normalized spacial score (nSPS) is 10.6. The first-order valence-corrected chi connectivity index (χ1v) is 11.9. The summed E-state index contributed by atoms with van der Waals surface area (Å²) < 4.78 is 11.2. The van der Waals surface area contributed by atoms with E-state index in [4.69, 9.17) is 44.3 Å². The summed E-state index contributed by atoms with van der Waals surface area (Å²) in [7, 11) is 0. The highest BCUT2D eigenvalue weighted by molar-refractivity contribution is 6.45. The fourth-order valence-electron chi connectivity index (χ4n) is 2.86. The van der Waals surface area contributed by atoms with Crippen molar-refractivity contribution in [3.05, 3.63) is 81.3 Å². The zero-order valence-corrected chi connectivity index (χ0v) is 21.7. The Morgan fingerprint density at radius 1 is 0.892 bits per heavy atom. The molecule has 0 aliphatic rings. The molecular formula is C25H21Cl3N4O5. The van der Waals surface area contributed by atoms with Crippen molar-refractivity contribution in [1.82, 2.24) is 5.43 Å². The Morgan fingerprint density at radius 3 is 2.38 bits per heavy atom. The van der Waals surface area contributed by atoms with Crippen LogP contribution in [0, 0.1) is 0 Å². The smallest absolute Gasteiger partial charge is 0.329 e. The van der Waals surface area contributed by atoms with Crippen LogP contribution in [0.25, 0.3) is 0 Å². The molecule has 0 unspecified atom stereocenters. The molecule has 0 aliphatic carbocycles. The van der Waals surface area contributed by atoms with Crippen molar-refractivity contribution >= 4 is 70.1 Å². The van der Waals surface area contributed by atoms with Crippen LogP contribution in [-0.4, -0.2) is 37.1 Å². The van der Waals surface area contributed by atoms with Crippen molar-refractivity contribution < 1.29 is 23.9 Å². The van der Waals surface area contributed by atoms with Gasteiger partial charge in [-0.3, -0.25) is 14.4 Å². The minimum Gasteiger partial charge on any atom is -0.490 e. The maximum absolute atomic E-state index is 12.2. The highest BCUT2D eigenvalue weighted by Crippen LogP contribution is 2.30. The lowest BCUT2D eigenvalue weighted by Gasteiger charge is -2.12. The van der Waals surface area contributed by atoms with Crippen molar-refractivity contribution in [3.8, 4) is 11.5 Å². The number of anilines is 2. The van der Waals surface area contributed by atoms with Gasteiger partial charge in [-0.05, 0) is 67.1 Å². The average molecular weight is 564 g/mol. The van der Waals surface area contributed by atoms with Crippen LogP contribution in [0.15, 0.2) is 65.8 Å². The Kier molecular flexibility index (Phi) is 10.1. The molecule has 3 aromatic carbocycles. The molecule has 0 saturated heterocycles. The van der Waals surface area contributed by atoms with Crippen LogP contribution in [0.3, 0.4) is 0 Å². The maximum atomic E-state index is 12.2. The molecule has 0 saturated carbocycles. The second kappa shape index (κ2) is 13.5. The molecule has 0 heterocycles. The van der Waals surface area contributed by atoms with Gasteiger partial charge in [-0.15, -0.1) is 0 Å². The van der Waals surface area contributed by atoms with Crippen molar-refractivity contribution in [2.45, 2.75) is 6.92 Å². The van der Waals surface area contributed by atoms with Gasteiger partial charge in [0.15, 0.2) is 18.1 Å². The van der Waals surface area contributed by atoms with Crippen molar-refractivity contribution in [2.75, 3.05) is 23.8 Å². The van der Waals surface area contributed by atoms with Gasteiger partial charge in [0.1, 0.15) is 0 Å². The number of nitrogens with one attached hydrogen (secondary N) is 3. The molecule has 0 bridgehead atoms. The zero-order valence-electron chi connectivity index (χ0n) is 19.4. The molecule has 0 atom stereocenters. The predicted octanol–water partition coefficient (Wildman–Crippen LogP) is 5.15. The van der Waals surface area contributed by atoms with E-state index in [2.05, 4.69) is 21.2 Å². The largest absolute Gasteiger partial charge is 0.490 e. The van der Waals surface area contributed by atoms with Crippen LogP contribution >= 0.6 is 34.8 Å². The number of halogens is 3. The van der Waals surface area contributed by atoms with Crippen molar-refractivity contribution in [2.24, 2.45) is 5.10 Å². The van der Waals surface area contributed by atoms with E-state index in [9.17, 15) is 14.4 Å². The topological polar surface area (TPSA) is 118 Å². The van der Waals surface area contributed by atoms with Crippen LogP contribution < -0.4 is 25.5 Å². The van der Waals surface area contributed by atoms with Gasteiger partial charge in [0.25, 0.3) is 5.91 Å². The van der Waals surface area contributed by atoms with Gasteiger partial charge in [0.2, 0.25) is 0 Å². The summed E-state index contributed by atoms with van der Waals surface area (Å²) in [4.78, 5) is 36.3. The number of ether oxygens (including phenoxy) is 2. The molecule has 0 aromatic heterocycles. The molecular weight excluding hydrogens is 543 g/mol. The standard InChI is InChI=1S/C25H21Cl3N4O5/c1-2-36-21-12-15(6-11-20(21)37-14-22(33)30-17-9-7-16(26)8-10-17)13-29-32-25(35)24(34)31-19-5-3-4-18(27)23(19)28/h3-13H,2,14H2,1H3,(H,30,33)(H,31,34)(H,32,35)/b29-13-. The molecule has 3 rings (SSSR count). The fraction of sp³-hybridized carbons (Fsp3) is 0.120. The van der Waals surface area contributed by atoms with Crippen LogP contribution in [0.4, 0.5) is 11.4 Å². The maximum Gasteiger partial charge on any atom is 0.329 e. The molecule has 0 spiro atoms. The second-order valence-corrected chi connectivity index (χ2v) is 8.46. The van der Waals surface area contributed by atoms with Crippen molar-refractivity contribution in [1.29, 1.82) is 0 Å². The first-order chi connectivity index (χ1) is 17.8. The van der Waals surface area contributed by atoms with Crippen LogP contribution in [0.1, 0.15) is 12.5 Å². The zero-order chi connectivity index (χ0) is 26.8. The fourth-order valence-corrected chi connectivity index (χ4v) is 3.34. The molecule has 0 aliphatic heterocycles. The second-order valence-electron chi connectivity index (χ2n) is 7.24. The lowest BCUT2D eigenvalue weighted by Crippen LogP contribution is -2.32. The Balaban J connectivity index is 1.56. The SMILES string of the molecule is CCOc1cc(/C=N\NC(=O)C(=O)Nc2cccc(Cl)c2Cl)ccc1OCC(=O)Nc1ccc(Cl)cc1. The molecule has 192 valence electrons. The van der Waals surface area contributed by atoms with E-state index in [1.807, 2.05) is 0 Å². The molecule has 9 nitrogen and oxygen atoms in total. The summed E-state index contributed by atoms with van der Waals surface area (Å²) >= 11 is 17.7. The number of hydrogen-bond donors (Lipinski definition) is 3. The summed E-state index contributed by atoms with van der Waals surface area (Å²) in [5.41, 5.74) is 3.44. The highest BCUT2D eigenvalue weighted by Gasteiger charge is 2.15. The third kappa shape index (κ3) is 8.38. The van der Waals surface area contributed by atoms with Gasteiger partial charge in [0, 0.05) is 10.7 Å². The molecule has 12 heteroatoms. The van der Waals surface area contributed by atoms with Crippen molar-refractivity contribution in [3.63, 3.8) is 0 Å². The van der Waals surface area contributed by atoms with E-state index in [0.717, 1.165) is 0 Å². The van der Waals surface area contributed by atoms with Gasteiger partial charge in [-0.2, -0.15) is 5.10 Å². The lowest BCUT2D eigenvalue weighted by molar-refractivity contribution is -0.136. The minimum atomic E-state index is -1.01. The number of hydrazone groups is 1. The lowest BCUT2D eigenvalue weighted by atomic mass is 10.2. The number of nitrogens with zero attached hydrogens (tertiary/aromatic N) is 1. The summed E-state index contributed by atoms with van der Waals surface area (Å²) in [6.07, 6.45) is 1.32.